The molecular formula is C20H28N2O3S. The van der Waals surface area contributed by atoms with E-state index in [0.29, 0.717) is 17.2 Å². The Hall–Kier alpha value is -1.40. The van der Waals surface area contributed by atoms with Crippen molar-refractivity contribution < 1.29 is 13.2 Å². The fraction of sp³-hybridized carbons (Fsp3) is 0.650. The maximum Gasteiger partial charge on any atom is 0.240 e. The smallest absolute Gasteiger partial charge is 0.240 e. The van der Waals surface area contributed by atoms with Crippen LogP contribution in [-0.4, -0.2) is 26.9 Å². The molecule has 0 saturated heterocycles. The predicted molar refractivity (Wildman–Crippen MR) is 102 cm³/mol. The normalized spacial score (nSPS) is 27.5. The van der Waals surface area contributed by atoms with Crippen LogP contribution < -0.4 is 9.62 Å². The Morgan fingerprint density at radius 2 is 1.92 bits per heavy atom. The zero-order valence-corrected chi connectivity index (χ0v) is 16.7. The third kappa shape index (κ3) is 3.18. The van der Waals surface area contributed by atoms with Crippen LogP contribution in [0.4, 0.5) is 5.69 Å². The molecule has 1 aliphatic carbocycles. The lowest BCUT2D eigenvalue weighted by Gasteiger charge is -2.39. The summed E-state index contributed by atoms with van der Waals surface area (Å²) in [5.74, 6) is 0.602. The number of rotatable bonds is 3. The molecule has 2 heterocycles. The van der Waals surface area contributed by atoms with E-state index < -0.39 is 10.0 Å². The Kier molecular flexibility index (Phi) is 4.19. The van der Waals surface area contributed by atoms with E-state index in [4.69, 9.17) is 0 Å². The van der Waals surface area contributed by atoms with Gasteiger partial charge in [-0.1, -0.05) is 20.8 Å². The van der Waals surface area contributed by atoms with Crippen molar-refractivity contribution in [3.05, 3.63) is 23.3 Å². The fourth-order valence-electron chi connectivity index (χ4n) is 5.33. The quantitative estimate of drug-likeness (QED) is 0.882. The lowest BCUT2D eigenvalue weighted by molar-refractivity contribution is -0.117. The lowest BCUT2D eigenvalue weighted by atomic mass is 9.71. The first kappa shape index (κ1) is 18.0. The first-order chi connectivity index (χ1) is 12.1. The van der Waals surface area contributed by atoms with E-state index in [2.05, 4.69) is 25.5 Å². The molecule has 1 fully saturated rings. The summed E-state index contributed by atoms with van der Waals surface area (Å²) in [6, 6.07) is 3.46. The van der Waals surface area contributed by atoms with E-state index in [-0.39, 0.29) is 17.4 Å². The van der Waals surface area contributed by atoms with Gasteiger partial charge in [-0.15, -0.1) is 0 Å². The van der Waals surface area contributed by atoms with E-state index in [1.165, 1.54) is 0 Å². The molecule has 0 bridgehead atoms. The van der Waals surface area contributed by atoms with Crippen LogP contribution in [0, 0.1) is 11.3 Å². The molecule has 3 aliphatic rings. The van der Waals surface area contributed by atoms with Gasteiger partial charge < -0.3 is 4.90 Å². The molecule has 0 spiro atoms. The molecule has 142 valence electrons. The molecule has 0 unspecified atom stereocenters. The molecule has 1 N–H and O–H groups in total. The van der Waals surface area contributed by atoms with Crippen LogP contribution in [0.3, 0.4) is 0 Å². The minimum absolute atomic E-state index is 0.0264. The van der Waals surface area contributed by atoms with E-state index in [0.717, 1.165) is 55.5 Å². The third-order valence-electron chi connectivity index (χ3n) is 6.00. The van der Waals surface area contributed by atoms with E-state index in [9.17, 15) is 13.2 Å². The predicted octanol–water partition coefficient (Wildman–Crippen LogP) is 3.02. The molecule has 1 aromatic carbocycles. The Balaban J connectivity index is 1.63. The van der Waals surface area contributed by atoms with Gasteiger partial charge in [0.05, 0.1) is 17.0 Å². The highest BCUT2D eigenvalue weighted by Gasteiger charge is 2.36. The second kappa shape index (κ2) is 6.06. The highest BCUT2D eigenvalue weighted by Crippen LogP contribution is 2.40. The number of nitrogens with one attached hydrogen (secondary N) is 1. The number of amides is 1. The first-order valence-electron chi connectivity index (χ1n) is 9.63. The molecular weight excluding hydrogens is 348 g/mol. The van der Waals surface area contributed by atoms with Crippen molar-refractivity contribution in [2.45, 2.75) is 70.2 Å². The molecule has 2 aliphatic heterocycles. The number of hydrogen-bond acceptors (Lipinski definition) is 3. The van der Waals surface area contributed by atoms with E-state index in [1.54, 1.807) is 12.1 Å². The molecule has 1 aromatic rings. The maximum absolute atomic E-state index is 13.1. The number of hydrogen-bond donors (Lipinski definition) is 1. The van der Waals surface area contributed by atoms with Gasteiger partial charge >= 0.3 is 0 Å². The highest BCUT2D eigenvalue weighted by atomic mass is 32.2. The van der Waals surface area contributed by atoms with Gasteiger partial charge in [0.1, 0.15) is 0 Å². The average Bonchev–Trinajstić information content (AvgIpc) is 2.82. The first-order valence-corrected chi connectivity index (χ1v) is 11.1. The monoisotopic (exact) mass is 376 g/mol. The van der Waals surface area contributed by atoms with Crippen LogP contribution in [0.1, 0.15) is 57.6 Å². The standard InChI is InChI=1S/C20H28N2O3S/c1-13-7-16(12-20(2,3)11-13)21-26(24,25)17-8-14-5-4-6-22-18(23)10-15(9-17)19(14)22/h8-9,13,16,21H,4-7,10-12H2,1-3H3/t13-,16-/m0/s1. The molecule has 1 saturated carbocycles. The van der Waals surface area contributed by atoms with Crippen LogP contribution in [-0.2, 0) is 27.7 Å². The number of aryl methyl sites for hydroxylation is 1. The Morgan fingerprint density at radius 3 is 2.65 bits per heavy atom. The Morgan fingerprint density at radius 1 is 1.19 bits per heavy atom. The number of sulfonamides is 1. The maximum atomic E-state index is 13.1. The van der Waals surface area contributed by atoms with Gasteiger partial charge in [0.25, 0.3) is 0 Å². The number of benzene rings is 1. The van der Waals surface area contributed by atoms with Gasteiger partial charge in [0.15, 0.2) is 0 Å². The average molecular weight is 377 g/mol. The van der Waals surface area contributed by atoms with Gasteiger partial charge in [-0.3, -0.25) is 4.79 Å². The van der Waals surface area contributed by atoms with Crippen molar-refractivity contribution in [2.24, 2.45) is 11.3 Å². The van der Waals surface area contributed by atoms with E-state index in [1.807, 2.05) is 4.90 Å². The van der Waals surface area contributed by atoms with Crippen molar-refractivity contribution in [3.8, 4) is 0 Å². The minimum atomic E-state index is -3.58. The lowest BCUT2D eigenvalue weighted by Crippen LogP contribution is -2.42. The summed E-state index contributed by atoms with van der Waals surface area (Å²) in [6.45, 7) is 7.37. The van der Waals surface area contributed by atoms with Crippen LogP contribution in [0.25, 0.3) is 0 Å². The van der Waals surface area contributed by atoms with Crippen LogP contribution in [0.2, 0.25) is 0 Å². The molecule has 4 rings (SSSR count). The number of anilines is 1. The van der Waals surface area contributed by atoms with Gasteiger partial charge in [-0.2, -0.15) is 0 Å². The van der Waals surface area contributed by atoms with Gasteiger partial charge in [-0.05, 0) is 66.7 Å². The van der Waals surface area contributed by atoms with Gasteiger partial charge in [-0.25, -0.2) is 13.1 Å². The summed E-state index contributed by atoms with van der Waals surface area (Å²) >= 11 is 0. The fourth-order valence-corrected chi connectivity index (χ4v) is 6.67. The van der Waals surface area contributed by atoms with Crippen LogP contribution in [0.5, 0.6) is 0 Å². The molecule has 1 amide bonds. The summed E-state index contributed by atoms with van der Waals surface area (Å²) in [5.41, 5.74) is 2.98. The van der Waals surface area contributed by atoms with Gasteiger partial charge in [0.2, 0.25) is 15.9 Å². The minimum Gasteiger partial charge on any atom is -0.312 e. The third-order valence-corrected chi connectivity index (χ3v) is 7.50. The zero-order valence-electron chi connectivity index (χ0n) is 15.8. The summed E-state index contributed by atoms with van der Waals surface area (Å²) < 4.78 is 29.1. The molecule has 0 radical (unpaired) electrons. The summed E-state index contributed by atoms with van der Waals surface area (Å²) in [7, 11) is -3.58. The summed E-state index contributed by atoms with van der Waals surface area (Å²) in [6.07, 6.45) is 4.92. The summed E-state index contributed by atoms with van der Waals surface area (Å²) in [5, 5.41) is 0. The number of carbonyl (C=O) groups excluding carboxylic acids is 1. The molecule has 2 atom stereocenters. The van der Waals surface area contributed by atoms with Crippen molar-refractivity contribution in [1.29, 1.82) is 0 Å². The molecule has 6 heteroatoms. The zero-order chi connectivity index (χ0) is 18.7. The van der Waals surface area contributed by atoms with Crippen LogP contribution in [0.15, 0.2) is 17.0 Å². The van der Waals surface area contributed by atoms with Gasteiger partial charge in [0, 0.05) is 12.6 Å². The van der Waals surface area contributed by atoms with E-state index >= 15 is 0 Å². The van der Waals surface area contributed by atoms with Crippen molar-refractivity contribution >= 4 is 21.6 Å². The Labute approximate surface area is 156 Å². The number of carbonyl (C=O) groups is 1. The topological polar surface area (TPSA) is 66.5 Å². The van der Waals surface area contributed by atoms with Crippen LogP contribution >= 0.6 is 0 Å². The van der Waals surface area contributed by atoms with Crippen molar-refractivity contribution in [3.63, 3.8) is 0 Å². The second-order valence-electron chi connectivity index (χ2n) is 9.15. The van der Waals surface area contributed by atoms with Crippen molar-refractivity contribution in [1.82, 2.24) is 4.72 Å². The SMILES string of the molecule is C[C@H]1C[C@H](NS(=O)(=O)c2cc3c4c(c2)CC(=O)N4CCC3)CC(C)(C)C1. The molecule has 5 nitrogen and oxygen atoms in total. The molecule has 26 heavy (non-hydrogen) atoms. The largest absolute Gasteiger partial charge is 0.312 e. The van der Waals surface area contributed by atoms with Crippen molar-refractivity contribution in [2.75, 3.05) is 11.4 Å². The Bertz CT molecular complexity index is 860. The number of nitrogens with zero attached hydrogens (tertiary/aromatic N) is 1. The molecule has 0 aromatic heterocycles. The summed E-state index contributed by atoms with van der Waals surface area (Å²) in [4.78, 5) is 14.3. The highest BCUT2D eigenvalue weighted by molar-refractivity contribution is 7.89. The second-order valence-corrected chi connectivity index (χ2v) is 10.9.